The lowest BCUT2D eigenvalue weighted by atomic mass is 10.3. The summed E-state index contributed by atoms with van der Waals surface area (Å²) in [6, 6.07) is 14.9. The lowest BCUT2D eigenvalue weighted by molar-refractivity contribution is -0.385. The Balaban J connectivity index is 0.000000280. The molecule has 0 saturated heterocycles. The van der Waals surface area contributed by atoms with Gasteiger partial charge in [0.05, 0.1) is 31.0 Å². The number of rotatable bonds is 4. The second-order valence-corrected chi connectivity index (χ2v) is 22.5. The van der Waals surface area contributed by atoms with Crippen molar-refractivity contribution in [2.24, 2.45) is 0 Å². The maximum atomic E-state index is 10.5. The molecule has 0 radical (unpaired) electrons. The standard InChI is InChI=1S/C9H12ClNO2Si.C9H14ClNSi.C6H3ClINO2/c1-14(2,3)9-5-4-7(11(12)13)6-8(9)10;1-12(2,3)9-5-4-7(11)6-8(9)10;7-5-3-4(9(10)11)1-2-6(5)8/h4-6H,1-3H3;4-6H,11H2,1-3H3;1-3H. The molecule has 0 atom stereocenters. The molecule has 0 unspecified atom stereocenters. The highest BCUT2D eigenvalue weighted by atomic mass is 127. The largest absolute Gasteiger partial charge is 0.399 e. The zero-order valence-electron chi connectivity index (χ0n) is 21.3. The molecule has 37 heavy (non-hydrogen) atoms. The highest BCUT2D eigenvalue weighted by Gasteiger charge is 2.21. The van der Waals surface area contributed by atoms with E-state index in [0.717, 1.165) is 19.5 Å². The predicted molar refractivity (Wildman–Crippen MR) is 171 cm³/mol. The van der Waals surface area contributed by atoms with Gasteiger partial charge in [0, 0.05) is 43.6 Å². The molecule has 0 aliphatic carbocycles. The van der Waals surface area contributed by atoms with E-state index in [0.29, 0.717) is 10.0 Å². The third-order valence-electron chi connectivity index (χ3n) is 4.89. The van der Waals surface area contributed by atoms with Crippen LogP contribution < -0.4 is 16.1 Å². The average molecular weight is 713 g/mol. The number of halogens is 4. The number of nitro groups is 2. The van der Waals surface area contributed by atoms with Crippen LogP contribution in [0.3, 0.4) is 0 Å². The molecule has 0 aliphatic rings. The first-order chi connectivity index (χ1) is 16.8. The zero-order chi connectivity index (χ0) is 28.7. The molecular weight excluding hydrogens is 684 g/mol. The van der Waals surface area contributed by atoms with E-state index in [2.05, 4.69) is 39.3 Å². The van der Waals surface area contributed by atoms with Crippen molar-refractivity contribution < 1.29 is 9.85 Å². The summed E-state index contributed by atoms with van der Waals surface area (Å²) >= 11 is 19.7. The molecule has 3 aromatic carbocycles. The van der Waals surface area contributed by atoms with Gasteiger partial charge in [-0.05, 0) is 51.2 Å². The minimum atomic E-state index is -1.49. The molecular formula is C24H29Cl3IN3O4Si2. The summed E-state index contributed by atoms with van der Waals surface area (Å²) in [5, 5.41) is 24.8. The summed E-state index contributed by atoms with van der Waals surface area (Å²) in [6.45, 7) is 13.3. The van der Waals surface area contributed by atoms with Crippen LogP contribution in [0.5, 0.6) is 0 Å². The Morgan fingerprint density at radius 1 is 0.676 bits per heavy atom. The fraction of sp³-hybridized carbons (Fsp3) is 0.250. The van der Waals surface area contributed by atoms with E-state index in [9.17, 15) is 20.2 Å². The number of non-ortho nitro benzene ring substituents is 2. The highest BCUT2D eigenvalue weighted by molar-refractivity contribution is 14.1. The van der Waals surface area contributed by atoms with Crippen LogP contribution in [0.4, 0.5) is 17.1 Å². The molecule has 0 heterocycles. The molecule has 2 N–H and O–H groups in total. The number of nitro benzene ring substituents is 2. The van der Waals surface area contributed by atoms with Crippen LogP contribution in [0.1, 0.15) is 0 Å². The number of nitrogen functional groups attached to an aromatic ring is 1. The van der Waals surface area contributed by atoms with E-state index in [1.807, 2.05) is 40.8 Å². The third kappa shape index (κ3) is 10.9. The van der Waals surface area contributed by atoms with Gasteiger partial charge >= 0.3 is 0 Å². The minimum Gasteiger partial charge on any atom is -0.399 e. The number of anilines is 1. The summed E-state index contributed by atoms with van der Waals surface area (Å²) in [5.41, 5.74) is 6.42. The Bertz CT molecular complexity index is 1280. The van der Waals surface area contributed by atoms with E-state index in [1.54, 1.807) is 12.1 Å². The van der Waals surface area contributed by atoms with E-state index in [1.165, 1.54) is 29.5 Å². The minimum absolute atomic E-state index is 0.0235. The molecule has 0 aromatic heterocycles. The van der Waals surface area contributed by atoms with Gasteiger partial charge in [-0.1, -0.05) is 86.2 Å². The van der Waals surface area contributed by atoms with Gasteiger partial charge in [-0.15, -0.1) is 0 Å². The van der Waals surface area contributed by atoms with E-state index in [4.69, 9.17) is 40.5 Å². The van der Waals surface area contributed by atoms with Crippen molar-refractivity contribution >= 4 is 101 Å². The molecule has 3 aromatic rings. The van der Waals surface area contributed by atoms with Crippen molar-refractivity contribution in [3.63, 3.8) is 0 Å². The fourth-order valence-electron chi connectivity index (χ4n) is 2.96. The normalized spacial score (nSPS) is 11.0. The van der Waals surface area contributed by atoms with Gasteiger partial charge in [0.15, 0.2) is 0 Å². The van der Waals surface area contributed by atoms with Gasteiger partial charge in [-0.2, -0.15) is 0 Å². The lowest BCUT2D eigenvalue weighted by Crippen LogP contribution is -2.38. The van der Waals surface area contributed by atoms with Crippen molar-refractivity contribution in [1.29, 1.82) is 0 Å². The van der Waals surface area contributed by atoms with Crippen LogP contribution in [0.25, 0.3) is 0 Å². The summed E-state index contributed by atoms with van der Waals surface area (Å²) in [6.07, 6.45) is 0. The topological polar surface area (TPSA) is 112 Å². The molecule has 0 spiro atoms. The molecule has 13 heteroatoms. The van der Waals surface area contributed by atoms with E-state index in [-0.39, 0.29) is 11.4 Å². The Labute approximate surface area is 247 Å². The van der Waals surface area contributed by atoms with Gasteiger partial charge in [-0.25, -0.2) is 0 Å². The molecule has 7 nitrogen and oxygen atoms in total. The molecule has 0 saturated carbocycles. The summed E-state index contributed by atoms with van der Waals surface area (Å²) in [5.74, 6) is 0. The Hall–Kier alpha value is -1.71. The molecule has 0 bridgehead atoms. The summed E-state index contributed by atoms with van der Waals surface area (Å²) in [7, 11) is -2.78. The molecule has 0 fully saturated rings. The smallest absolute Gasteiger partial charge is 0.270 e. The van der Waals surface area contributed by atoms with Crippen molar-refractivity contribution in [1.82, 2.24) is 0 Å². The van der Waals surface area contributed by atoms with Crippen LogP contribution in [-0.2, 0) is 0 Å². The SMILES string of the molecule is C[Si](C)(C)c1ccc(N)cc1Cl.C[Si](C)(C)c1ccc([N+](=O)[O-])cc1Cl.O=[N+]([O-])c1ccc(I)c(Cl)c1. The second kappa shape index (κ2) is 13.9. The number of benzene rings is 3. The Morgan fingerprint density at radius 2 is 1.05 bits per heavy atom. The van der Waals surface area contributed by atoms with E-state index >= 15 is 0 Å². The summed E-state index contributed by atoms with van der Waals surface area (Å²) < 4.78 is 0.815. The van der Waals surface area contributed by atoms with Crippen molar-refractivity contribution in [2.45, 2.75) is 39.3 Å². The maximum Gasteiger partial charge on any atom is 0.270 e. The van der Waals surface area contributed by atoms with Crippen molar-refractivity contribution in [3.05, 3.63) is 93.5 Å². The monoisotopic (exact) mass is 711 g/mol. The van der Waals surface area contributed by atoms with Crippen molar-refractivity contribution in [2.75, 3.05) is 5.73 Å². The number of hydrogen-bond acceptors (Lipinski definition) is 5. The first-order valence-electron chi connectivity index (χ1n) is 10.9. The highest BCUT2D eigenvalue weighted by Crippen LogP contribution is 2.23. The zero-order valence-corrected chi connectivity index (χ0v) is 27.7. The number of nitrogens with zero attached hydrogens (tertiary/aromatic N) is 2. The first-order valence-corrected chi connectivity index (χ1v) is 20.1. The van der Waals surface area contributed by atoms with Crippen LogP contribution in [0.2, 0.25) is 54.3 Å². The van der Waals surface area contributed by atoms with Crippen LogP contribution >= 0.6 is 57.4 Å². The van der Waals surface area contributed by atoms with Crippen molar-refractivity contribution in [3.8, 4) is 0 Å². The Kier molecular flexibility index (Phi) is 12.5. The second-order valence-electron chi connectivity index (χ2n) is 10.0. The quantitative estimate of drug-likeness (QED) is 0.0966. The van der Waals surface area contributed by atoms with Crippen LogP contribution in [0, 0.1) is 23.8 Å². The molecule has 0 amide bonds. The van der Waals surface area contributed by atoms with Gasteiger partial charge in [0.25, 0.3) is 11.4 Å². The number of nitrogens with two attached hydrogens (primary N) is 1. The lowest BCUT2D eigenvalue weighted by Gasteiger charge is -2.18. The fourth-order valence-corrected chi connectivity index (χ4v) is 8.28. The Morgan fingerprint density at radius 3 is 1.41 bits per heavy atom. The third-order valence-corrected chi connectivity index (χ3v) is 11.5. The van der Waals surface area contributed by atoms with Gasteiger partial charge in [0.2, 0.25) is 0 Å². The maximum absolute atomic E-state index is 10.5. The van der Waals surface area contributed by atoms with Gasteiger partial charge < -0.3 is 5.73 Å². The van der Waals surface area contributed by atoms with Crippen LogP contribution in [0.15, 0.2) is 54.6 Å². The molecule has 3 rings (SSSR count). The molecule has 0 aliphatic heterocycles. The van der Waals surface area contributed by atoms with Gasteiger partial charge in [-0.3, -0.25) is 20.2 Å². The predicted octanol–water partition coefficient (Wildman–Crippen LogP) is 8.11. The number of hydrogen-bond donors (Lipinski definition) is 1. The van der Waals surface area contributed by atoms with Crippen LogP contribution in [-0.4, -0.2) is 26.0 Å². The first kappa shape index (κ1) is 33.3. The average Bonchev–Trinajstić information content (AvgIpc) is 2.74. The van der Waals surface area contributed by atoms with Gasteiger partial charge in [0.1, 0.15) is 0 Å². The van der Waals surface area contributed by atoms with E-state index < -0.39 is 26.0 Å². The molecule has 200 valence electrons. The summed E-state index contributed by atoms with van der Waals surface area (Å²) in [4.78, 5) is 19.8.